The van der Waals surface area contributed by atoms with Crippen LogP contribution in [0, 0.1) is 20.8 Å². The first-order valence-electron chi connectivity index (χ1n) is 10.5. The average Bonchev–Trinajstić information content (AvgIpc) is 3.52. The van der Waals surface area contributed by atoms with Crippen molar-refractivity contribution in [1.29, 1.82) is 0 Å². The van der Waals surface area contributed by atoms with Crippen molar-refractivity contribution in [3.8, 4) is 5.69 Å². The quantitative estimate of drug-likeness (QED) is 0.548. The van der Waals surface area contributed by atoms with E-state index >= 15 is 0 Å². The van der Waals surface area contributed by atoms with Gasteiger partial charge >= 0.3 is 0 Å². The van der Waals surface area contributed by atoms with Gasteiger partial charge in [0.1, 0.15) is 6.33 Å². The Morgan fingerprint density at radius 1 is 1.10 bits per heavy atom. The molecule has 0 unspecified atom stereocenters. The molecule has 0 atom stereocenters. The van der Waals surface area contributed by atoms with E-state index in [1.807, 2.05) is 34.0 Å². The first-order chi connectivity index (χ1) is 15.0. The van der Waals surface area contributed by atoms with E-state index in [2.05, 4.69) is 53.3 Å². The Morgan fingerprint density at radius 3 is 2.58 bits per heavy atom. The molecule has 1 aliphatic rings. The van der Waals surface area contributed by atoms with Crippen LogP contribution in [0.2, 0.25) is 0 Å². The lowest BCUT2D eigenvalue weighted by Crippen LogP contribution is -2.29. The van der Waals surface area contributed by atoms with Crippen LogP contribution in [0.15, 0.2) is 43.0 Å². The van der Waals surface area contributed by atoms with Gasteiger partial charge in [-0.05, 0) is 74.6 Å². The van der Waals surface area contributed by atoms with Gasteiger partial charge in [0.05, 0.1) is 11.7 Å². The fourth-order valence-electron chi connectivity index (χ4n) is 4.02. The minimum Gasteiger partial charge on any atom is -0.337 e. The molecule has 1 fully saturated rings. The first kappa shape index (κ1) is 19.3. The zero-order valence-electron chi connectivity index (χ0n) is 18.0. The standard InChI is InChI=1S/C23H25N7O/c1-15-11-18(12-16(2)17(15)3)29-13-20(24-14-29)25-23-26-21(19-7-6-10-30(19)27-23)22(31)28-8-4-5-9-28/h6-7,10-14H,4-5,8-9H2,1-3H3,(H,25,27). The van der Waals surface area contributed by atoms with E-state index in [1.54, 1.807) is 10.8 Å². The van der Waals surface area contributed by atoms with Gasteiger partial charge < -0.3 is 14.8 Å². The number of nitrogens with zero attached hydrogens (tertiary/aromatic N) is 6. The number of imidazole rings is 1. The Morgan fingerprint density at radius 2 is 1.84 bits per heavy atom. The topological polar surface area (TPSA) is 80.4 Å². The van der Waals surface area contributed by atoms with Crippen LogP contribution in [0.1, 0.15) is 40.0 Å². The highest BCUT2D eigenvalue weighted by Crippen LogP contribution is 2.22. The number of anilines is 2. The van der Waals surface area contributed by atoms with Crippen LogP contribution in [-0.2, 0) is 0 Å². The Labute approximate surface area is 180 Å². The predicted molar refractivity (Wildman–Crippen MR) is 119 cm³/mol. The van der Waals surface area contributed by atoms with Crippen LogP contribution in [-0.4, -0.2) is 48.0 Å². The summed E-state index contributed by atoms with van der Waals surface area (Å²) in [6.07, 6.45) is 7.55. The number of benzene rings is 1. The van der Waals surface area contributed by atoms with Crippen LogP contribution in [0.4, 0.5) is 11.8 Å². The third-order valence-electron chi connectivity index (χ3n) is 6.02. The normalized spacial score (nSPS) is 13.8. The number of nitrogens with one attached hydrogen (secondary N) is 1. The SMILES string of the molecule is Cc1cc(-n2cnc(Nc3nc(C(=O)N4CCCC4)c4cccn4n3)c2)cc(C)c1C. The molecule has 4 aromatic rings. The van der Waals surface area contributed by atoms with Gasteiger partial charge in [0, 0.05) is 25.0 Å². The molecule has 158 valence electrons. The van der Waals surface area contributed by atoms with Crippen molar-refractivity contribution in [3.63, 3.8) is 0 Å². The molecular weight excluding hydrogens is 390 g/mol. The summed E-state index contributed by atoms with van der Waals surface area (Å²) in [7, 11) is 0. The van der Waals surface area contributed by atoms with Gasteiger partial charge in [-0.1, -0.05) is 0 Å². The molecule has 0 bridgehead atoms. The van der Waals surface area contributed by atoms with Crippen molar-refractivity contribution in [2.24, 2.45) is 0 Å². The van der Waals surface area contributed by atoms with Gasteiger partial charge in [-0.25, -0.2) is 14.5 Å². The van der Waals surface area contributed by atoms with Crippen LogP contribution in [0.5, 0.6) is 0 Å². The highest BCUT2D eigenvalue weighted by Gasteiger charge is 2.24. The molecule has 1 aliphatic heterocycles. The van der Waals surface area contributed by atoms with Crippen molar-refractivity contribution in [2.75, 3.05) is 18.4 Å². The van der Waals surface area contributed by atoms with E-state index in [0.29, 0.717) is 23.0 Å². The van der Waals surface area contributed by atoms with E-state index < -0.39 is 0 Å². The van der Waals surface area contributed by atoms with Crippen molar-refractivity contribution in [1.82, 2.24) is 29.0 Å². The Hall–Kier alpha value is -3.68. The number of rotatable bonds is 4. The summed E-state index contributed by atoms with van der Waals surface area (Å²) in [5, 5.41) is 7.65. The van der Waals surface area contributed by atoms with E-state index in [4.69, 9.17) is 0 Å². The highest BCUT2D eigenvalue weighted by atomic mass is 16.2. The highest BCUT2D eigenvalue weighted by molar-refractivity contribution is 5.99. The van der Waals surface area contributed by atoms with E-state index in [0.717, 1.165) is 31.6 Å². The second kappa shape index (κ2) is 7.54. The molecule has 1 N–H and O–H groups in total. The summed E-state index contributed by atoms with van der Waals surface area (Å²) >= 11 is 0. The van der Waals surface area contributed by atoms with Crippen LogP contribution >= 0.6 is 0 Å². The maximum Gasteiger partial charge on any atom is 0.274 e. The number of likely N-dealkylation sites (tertiary alicyclic amines) is 1. The van der Waals surface area contributed by atoms with Crippen molar-refractivity contribution < 1.29 is 4.79 Å². The molecule has 8 nitrogen and oxygen atoms in total. The molecule has 1 aromatic carbocycles. The summed E-state index contributed by atoms with van der Waals surface area (Å²) in [5.74, 6) is 0.900. The lowest BCUT2D eigenvalue weighted by molar-refractivity contribution is 0.0788. The molecular formula is C23H25N7O. The number of carbonyl (C=O) groups excluding carboxylic acids is 1. The Bertz CT molecular complexity index is 1260. The minimum atomic E-state index is -0.0530. The van der Waals surface area contributed by atoms with E-state index in [1.165, 1.54) is 16.7 Å². The zero-order valence-corrected chi connectivity index (χ0v) is 18.0. The number of amides is 1. The second-order valence-electron chi connectivity index (χ2n) is 8.12. The number of carbonyl (C=O) groups is 1. The summed E-state index contributed by atoms with van der Waals surface area (Å²) < 4.78 is 3.65. The molecule has 1 amide bonds. The fourth-order valence-corrected chi connectivity index (χ4v) is 4.02. The minimum absolute atomic E-state index is 0.0530. The number of hydrogen-bond donors (Lipinski definition) is 1. The third-order valence-corrected chi connectivity index (χ3v) is 6.02. The van der Waals surface area contributed by atoms with Gasteiger partial charge in [0.2, 0.25) is 5.95 Å². The largest absolute Gasteiger partial charge is 0.337 e. The van der Waals surface area contributed by atoms with Gasteiger partial charge in [-0.2, -0.15) is 0 Å². The molecule has 0 saturated carbocycles. The number of aryl methyl sites for hydroxylation is 2. The maximum atomic E-state index is 13.0. The molecule has 8 heteroatoms. The van der Waals surface area contributed by atoms with E-state index in [-0.39, 0.29) is 5.91 Å². The molecule has 0 spiro atoms. The second-order valence-corrected chi connectivity index (χ2v) is 8.12. The number of aromatic nitrogens is 5. The Kier molecular flexibility index (Phi) is 4.69. The van der Waals surface area contributed by atoms with Gasteiger partial charge in [-0.3, -0.25) is 4.79 Å². The van der Waals surface area contributed by atoms with E-state index in [9.17, 15) is 4.79 Å². The van der Waals surface area contributed by atoms with Crippen LogP contribution in [0.3, 0.4) is 0 Å². The molecule has 0 radical (unpaired) electrons. The number of hydrogen-bond acceptors (Lipinski definition) is 5. The summed E-state index contributed by atoms with van der Waals surface area (Å²) in [6.45, 7) is 7.91. The smallest absolute Gasteiger partial charge is 0.274 e. The van der Waals surface area contributed by atoms with Crippen LogP contribution < -0.4 is 5.32 Å². The average molecular weight is 416 g/mol. The predicted octanol–water partition coefficient (Wildman–Crippen LogP) is 3.82. The molecule has 1 saturated heterocycles. The van der Waals surface area contributed by atoms with Gasteiger partial charge in [0.25, 0.3) is 5.91 Å². The molecule has 5 rings (SSSR count). The molecule has 3 aromatic heterocycles. The summed E-state index contributed by atoms with van der Waals surface area (Å²) in [5.41, 5.74) is 5.94. The fraction of sp³-hybridized carbons (Fsp3) is 0.304. The molecule has 31 heavy (non-hydrogen) atoms. The summed E-state index contributed by atoms with van der Waals surface area (Å²) in [4.78, 5) is 23.9. The van der Waals surface area contributed by atoms with Crippen molar-refractivity contribution >= 4 is 23.2 Å². The maximum absolute atomic E-state index is 13.0. The van der Waals surface area contributed by atoms with Crippen LogP contribution in [0.25, 0.3) is 11.2 Å². The molecule has 0 aliphatic carbocycles. The molecule has 4 heterocycles. The lowest BCUT2D eigenvalue weighted by atomic mass is 10.0. The van der Waals surface area contributed by atoms with Crippen molar-refractivity contribution in [2.45, 2.75) is 33.6 Å². The third kappa shape index (κ3) is 3.54. The lowest BCUT2D eigenvalue weighted by Gasteiger charge is -2.15. The van der Waals surface area contributed by atoms with Crippen molar-refractivity contribution in [3.05, 3.63) is 65.4 Å². The van der Waals surface area contributed by atoms with Gasteiger partial charge in [0.15, 0.2) is 11.5 Å². The first-order valence-corrected chi connectivity index (χ1v) is 10.5. The Balaban J connectivity index is 1.46. The zero-order chi connectivity index (χ0) is 21.5. The van der Waals surface area contributed by atoms with Gasteiger partial charge in [-0.15, -0.1) is 5.10 Å². The monoisotopic (exact) mass is 415 g/mol. The number of fused-ring (bicyclic) bond motifs is 1. The summed E-state index contributed by atoms with van der Waals surface area (Å²) in [6, 6.07) is 8.02.